The Balaban J connectivity index is 1.68. The summed E-state index contributed by atoms with van der Waals surface area (Å²) in [6.07, 6.45) is 4.07. The lowest BCUT2D eigenvalue weighted by atomic mass is 9.45. The standard InChI is InChI=1S/C26H35O11P/c1-14-10-16-17-7-9-26(37-38(33,34)35,20(29)13-36-22(32)5-4-21(30)31)25(17,3)12-19(28)23(16)24(2)8-6-15(27)11-18(14)24/h6,8,11,14,16-17,19,23,28H,4-5,7,9-10,12-13H2,1-3H3,(H,30,31)(H2,33,34,35)/t14-,16-,17-,19-,23+,24-,25-,26-/m0/s1. The molecule has 4 rings (SSSR count). The summed E-state index contributed by atoms with van der Waals surface area (Å²) in [5.74, 6) is -3.72. The summed E-state index contributed by atoms with van der Waals surface area (Å²) < 4.78 is 22.4. The zero-order valence-corrected chi connectivity index (χ0v) is 22.6. The zero-order valence-electron chi connectivity index (χ0n) is 21.7. The van der Waals surface area contributed by atoms with E-state index in [-0.39, 0.29) is 42.3 Å². The summed E-state index contributed by atoms with van der Waals surface area (Å²) in [6, 6.07) is 0. The van der Waals surface area contributed by atoms with Crippen LogP contribution in [0.4, 0.5) is 0 Å². The maximum absolute atomic E-state index is 13.6. The number of hydrogen-bond donors (Lipinski definition) is 4. The molecule has 0 amide bonds. The van der Waals surface area contributed by atoms with Gasteiger partial charge >= 0.3 is 19.8 Å². The van der Waals surface area contributed by atoms with Gasteiger partial charge in [-0.25, -0.2) is 4.57 Å². The number of phosphoric acid groups is 1. The largest absolute Gasteiger partial charge is 0.481 e. The lowest BCUT2D eigenvalue weighted by Gasteiger charge is -2.61. The number of carbonyl (C=O) groups is 4. The number of aliphatic carboxylic acids is 1. The van der Waals surface area contributed by atoms with Crippen LogP contribution < -0.4 is 0 Å². The molecule has 12 heteroatoms. The molecule has 0 bridgehead atoms. The van der Waals surface area contributed by atoms with Gasteiger partial charge in [-0.15, -0.1) is 0 Å². The number of allylic oxidation sites excluding steroid dienone is 4. The van der Waals surface area contributed by atoms with Gasteiger partial charge in [0.1, 0.15) is 5.60 Å². The minimum Gasteiger partial charge on any atom is -0.481 e. The molecular weight excluding hydrogens is 519 g/mol. The molecular formula is C26H35O11P. The summed E-state index contributed by atoms with van der Waals surface area (Å²) in [5.41, 5.74) is -2.84. The molecule has 210 valence electrons. The Bertz CT molecular complexity index is 1150. The van der Waals surface area contributed by atoms with E-state index in [1.807, 2.05) is 19.9 Å². The van der Waals surface area contributed by atoms with Gasteiger partial charge in [0.15, 0.2) is 12.4 Å². The molecule has 8 atom stereocenters. The average Bonchev–Trinajstić information content (AvgIpc) is 3.08. The highest BCUT2D eigenvalue weighted by atomic mass is 31.2. The molecule has 0 aromatic rings. The molecule has 4 aliphatic carbocycles. The average molecular weight is 555 g/mol. The van der Waals surface area contributed by atoms with Crippen LogP contribution in [0.15, 0.2) is 23.8 Å². The van der Waals surface area contributed by atoms with Gasteiger partial charge in [0, 0.05) is 16.7 Å². The fourth-order valence-corrected chi connectivity index (χ4v) is 8.95. The van der Waals surface area contributed by atoms with Crippen LogP contribution >= 0.6 is 7.82 Å². The Morgan fingerprint density at radius 3 is 2.50 bits per heavy atom. The molecule has 0 heterocycles. The number of ketones is 2. The summed E-state index contributed by atoms with van der Waals surface area (Å²) in [5, 5.41) is 20.3. The van der Waals surface area contributed by atoms with Crippen molar-refractivity contribution in [2.45, 2.75) is 71.0 Å². The number of hydrogen-bond acceptors (Lipinski definition) is 8. The van der Waals surface area contributed by atoms with Gasteiger partial charge in [-0.3, -0.25) is 23.7 Å². The van der Waals surface area contributed by atoms with Crippen molar-refractivity contribution in [3.05, 3.63) is 23.8 Å². The third-order valence-electron chi connectivity index (χ3n) is 9.57. The number of carboxylic acid groups (broad SMARTS) is 1. The number of carboxylic acids is 1. The number of rotatable bonds is 8. The van der Waals surface area contributed by atoms with Crippen molar-refractivity contribution in [1.29, 1.82) is 0 Å². The van der Waals surface area contributed by atoms with Gasteiger partial charge in [0.2, 0.25) is 5.78 Å². The third-order valence-corrected chi connectivity index (χ3v) is 10.1. The van der Waals surface area contributed by atoms with E-state index in [0.717, 1.165) is 5.57 Å². The van der Waals surface area contributed by atoms with Crippen LogP contribution in [-0.4, -0.2) is 61.8 Å². The molecule has 0 spiro atoms. The maximum Gasteiger partial charge on any atom is 0.470 e. The number of ether oxygens (including phenoxy) is 1. The molecule has 0 unspecified atom stereocenters. The monoisotopic (exact) mass is 554 g/mol. The molecule has 0 radical (unpaired) electrons. The van der Waals surface area contributed by atoms with E-state index in [1.165, 1.54) is 6.08 Å². The van der Waals surface area contributed by atoms with Crippen LogP contribution in [0.1, 0.15) is 59.3 Å². The Hall–Kier alpha value is -2.17. The van der Waals surface area contributed by atoms with E-state index in [2.05, 4.69) is 0 Å². The van der Waals surface area contributed by atoms with Crippen molar-refractivity contribution >= 4 is 31.3 Å². The number of phosphoric ester groups is 1. The second-order valence-electron chi connectivity index (χ2n) is 11.7. The summed E-state index contributed by atoms with van der Waals surface area (Å²) in [6.45, 7) is 4.87. The Morgan fingerprint density at radius 2 is 1.87 bits per heavy atom. The van der Waals surface area contributed by atoms with Crippen molar-refractivity contribution in [2.75, 3.05) is 6.61 Å². The Labute approximate surface area is 220 Å². The first-order valence-electron chi connectivity index (χ1n) is 12.8. The molecule has 0 aromatic carbocycles. The van der Waals surface area contributed by atoms with Crippen LogP contribution in [0.3, 0.4) is 0 Å². The molecule has 4 aliphatic rings. The van der Waals surface area contributed by atoms with Crippen LogP contribution in [0.2, 0.25) is 0 Å². The number of carbonyl (C=O) groups excluding carboxylic acids is 3. The van der Waals surface area contributed by atoms with Gasteiger partial charge in [-0.1, -0.05) is 32.4 Å². The minimum atomic E-state index is -5.20. The van der Waals surface area contributed by atoms with Gasteiger partial charge in [-0.05, 0) is 55.6 Å². The van der Waals surface area contributed by atoms with Crippen molar-refractivity contribution in [1.82, 2.24) is 0 Å². The predicted octanol–water partition coefficient (Wildman–Crippen LogP) is 2.34. The first-order valence-corrected chi connectivity index (χ1v) is 14.4. The lowest BCUT2D eigenvalue weighted by molar-refractivity contribution is -0.179. The number of fused-ring (bicyclic) bond motifs is 5. The number of aliphatic hydroxyl groups is 1. The summed E-state index contributed by atoms with van der Waals surface area (Å²) in [7, 11) is -5.20. The summed E-state index contributed by atoms with van der Waals surface area (Å²) >= 11 is 0. The van der Waals surface area contributed by atoms with Gasteiger partial charge < -0.3 is 24.7 Å². The van der Waals surface area contributed by atoms with Gasteiger partial charge in [0.25, 0.3) is 0 Å². The van der Waals surface area contributed by atoms with Crippen molar-refractivity contribution < 1.29 is 53.0 Å². The van der Waals surface area contributed by atoms with E-state index < -0.39 is 67.5 Å². The van der Waals surface area contributed by atoms with Gasteiger partial charge in [0.05, 0.1) is 18.9 Å². The maximum atomic E-state index is 13.6. The molecule has 0 aromatic heterocycles. The highest BCUT2D eigenvalue weighted by molar-refractivity contribution is 7.46. The molecule has 4 N–H and O–H groups in total. The zero-order chi connectivity index (χ0) is 28.3. The van der Waals surface area contributed by atoms with E-state index in [1.54, 1.807) is 13.0 Å². The number of Topliss-reactive ketones (excluding diaryl/α,β-unsaturated/α-hetero) is 1. The Kier molecular flexibility index (Phi) is 7.42. The smallest absolute Gasteiger partial charge is 0.470 e. The van der Waals surface area contributed by atoms with E-state index >= 15 is 0 Å². The highest BCUT2D eigenvalue weighted by Crippen LogP contribution is 2.70. The number of esters is 1. The van der Waals surface area contributed by atoms with Crippen molar-refractivity contribution in [3.8, 4) is 0 Å². The quantitative estimate of drug-likeness (QED) is 0.255. The molecule has 38 heavy (non-hydrogen) atoms. The summed E-state index contributed by atoms with van der Waals surface area (Å²) in [4.78, 5) is 68.1. The molecule has 3 fully saturated rings. The molecule has 3 saturated carbocycles. The van der Waals surface area contributed by atoms with Crippen LogP contribution in [0.5, 0.6) is 0 Å². The SMILES string of the molecule is C[C@H]1C[C@@H]2[C@H]([C@@H](O)C[C@@]3(C)[C@H]2CC[C@]3(OP(=O)(O)O)C(=O)COC(=O)CCC(=O)O)[C@@]2(C)C=CC(=O)C=C12. The van der Waals surface area contributed by atoms with Crippen LogP contribution in [0.25, 0.3) is 0 Å². The van der Waals surface area contributed by atoms with E-state index in [0.29, 0.717) is 12.8 Å². The lowest BCUT2D eigenvalue weighted by Crippen LogP contribution is -2.63. The predicted molar refractivity (Wildman–Crippen MR) is 131 cm³/mol. The second-order valence-corrected chi connectivity index (χ2v) is 12.8. The Morgan fingerprint density at radius 1 is 1.18 bits per heavy atom. The fraction of sp³-hybridized carbons (Fsp3) is 0.692. The first-order chi connectivity index (χ1) is 17.5. The van der Waals surface area contributed by atoms with Crippen molar-refractivity contribution in [3.63, 3.8) is 0 Å². The molecule has 0 saturated heterocycles. The highest BCUT2D eigenvalue weighted by Gasteiger charge is 2.71. The fourth-order valence-electron chi connectivity index (χ4n) is 8.14. The second kappa shape index (κ2) is 9.78. The van der Waals surface area contributed by atoms with Crippen LogP contribution in [-0.2, 0) is 33.0 Å². The molecule has 0 aliphatic heterocycles. The molecule has 11 nitrogen and oxygen atoms in total. The van der Waals surface area contributed by atoms with Crippen LogP contribution in [0, 0.1) is 34.5 Å². The minimum absolute atomic E-state index is 0.00768. The topological polar surface area (TPSA) is 185 Å². The van der Waals surface area contributed by atoms with Gasteiger partial charge in [-0.2, -0.15) is 0 Å². The normalized spacial score (nSPS) is 40.0. The third kappa shape index (κ3) is 4.73. The number of aliphatic hydroxyl groups excluding tert-OH is 1. The van der Waals surface area contributed by atoms with E-state index in [9.17, 15) is 38.6 Å². The van der Waals surface area contributed by atoms with E-state index in [4.69, 9.17) is 14.4 Å². The van der Waals surface area contributed by atoms with Crippen molar-refractivity contribution in [2.24, 2.45) is 34.5 Å². The first kappa shape index (κ1) is 28.8.